The Morgan fingerprint density at radius 2 is 2.29 bits per heavy atom. The summed E-state index contributed by atoms with van der Waals surface area (Å²) in [5.74, 6) is -0.722. The first-order valence-corrected chi connectivity index (χ1v) is 4.85. The summed E-state index contributed by atoms with van der Waals surface area (Å²) in [4.78, 5) is 11.1. The molecule has 0 amide bonds. The van der Waals surface area contributed by atoms with E-state index < -0.39 is 11.4 Å². The number of carboxylic acids is 1. The van der Waals surface area contributed by atoms with Crippen LogP contribution in [0.15, 0.2) is 12.3 Å². The van der Waals surface area contributed by atoms with Crippen LogP contribution in [0.3, 0.4) is 0 Å². The highest BCUT2D eigenvalue weighted by Crippen LogP contribution is 2.48. The molecule has 0 aromatic carbocycles. The highest BCUT2D eigenvalue weighted by molar-refractivity contribution is 5.84. The van der Waals surface area contributed by atoms with Crippen molar-refractivity contribution in [3.8, 4) is 0 Å². The lowest BCUT2D eigenvalue weighted by Gasteiger charge is -2.15. The van der Waals surface area contributed by atoms with Crippen molar-refractivity contribution >= 4 is 5.97 Å². The maximum absolute atomic E-state index is 11.1. The summed E-state index contributed by atoms with van der Waals surface area (Å²) in [6, 6.07) is 2.04. The smallest absolute Gasteiger partial charge is 0.315 e. The van der Waals surface area contributed by atoms with Crippen molar-refractivity contribution < 1.29 is 9.90 Å². The van der Waals surface area contributed by atoms with E-state index in [4.69, 9.17) is 5.11 Å². The Hall–Kier alpha value is -1.32. The average molecular weight is 194 g/mol. The van der Waals surface area contributed by atoms with Gasteiger partial charge in [0.15, 0.2) is 0 Å². The van der Waals surface area contributed by atoms with Crippen LogP contribution in [0.5, 0.6) is 0 Å². The third-order valence-corrected chi connectivity index (χ3v) is 2.81. The number of rotatable bonds is 3. The van der Waals surface area contributed by atoms with E-state index in [1.807, 2.05) is 19.9 Å². The quantitative estimate of drug-likeness (QED) is 0.794. The molecule has 1 aromatic heterocycles. The van der Waals surface area contributed by atoms with Gasteiger partial charge >= 0.3 is 5.97 Å². The van der Waals surface area contributed by atoms with Crippen LogP contribution in [0.1, 0.15) is 38.4 Å². The molecule has 0 unspecified atom stereocenters. The molecule has 1 saturated carbocycles. The zero-order valence-corrected chi connectivity index (χ0v) is 8.40. The second-order valence-electron chi connectivity index (χ2n) is 4.14. The molecule has 0 atom stereocenters. The first-order valence-electron chi connectivity index (χ1n) is 4.85. The predicted molar refractivity (Wildman–Crippen MR) is 51.2 cm³/mol. The number of hydrogen-bond acceptors (Lipinski definition) is 2. The van der Waals surface area contributed by atoms with Gasteiger partial charge in [0.2, 0.25) is 0 Å². The van der Waals surface area contributed by atoms with Crippen LogP contribution < -0.4 is 0 Å². The zero-order valence-electron chi connectivity index (χ0n) is 8.40. The van der Waals surface area contributed by atoms with E-state index in [-0.39, 0.29) is 6.04 Å². The Morgan fingerprint density at radius 3 is 2.71 bits per heavy atom. The van der Waals surface area contributed by atoms with Gasteiger partial charge in [-0.15, -0.1) is 0 Å². The van der Waals surface area contributed by atoms with E-state index in [0.717, 1.165) is 18.5 Å². The van der Waals surface area contributed by atoms with Gasteiger partial charge in [-0.05, 0) is 32.8 Å². The van der Waals surface area contributed by atoms with Crippen molar-refractivity contribution in [3.05, 3.63) is 18.0 Å². The van der Waals surface area contributed by atoms with Gasteiger partial charge in [-0.3, -0.25) is 9.48 Å². The number of nitrogens with zero attached hydrogens (tertiary/aromatic N) is 2. The molecule has 1 aliphatic rings. The van der Waals surface area contributed by atoms with Crippen LogP contribution in [-0.2, 0) is 10.2 Å². The molecule has 1 aromatic rings. The SMILES string of the molecule is CC(C)n1nccc1C1(C(=O)O)CC1. The van der Waals surface area contributed by atoms with Gasteiger partial charge in [-0.2, -0.15) is 5.10 Å². The van der Waals surface area contributed by atoms with Crippen molar-refractivity contribution in [2.24, 2.45) is 0 Å². The summed E-state index contributed by atoms with van der Waals surface area (Å²) in [6.07, 6.45) is 3.15. The van der Waals surface area contributed by atoms with E-state index >= 15 is 0 Å². The van der Waals surface area contributed by atoms with Crippen molar-refractivity contribution in [1.29, 1.82) is 0 Å². The number of hydrogen-bond donors (Lipinski definition) is 1. The van der Waals surface area contributed by atoms with Crippen LogP contribution in [0.2, 0.25) is 0 Å². The average Bonchev–Trinajstić information content (AvgIpc) is 2.77. The second kappa shape index (κ2) is 2.83. The van der Waals surface area contributed by atoms with Crippen molar-refractivity contribution in [1.82, 2.24) is 9.78 Å². The zero-order chi connectivity index (χ0) is 10.3. The molecule has 1 aliphatic carbocycles. The lowest BCUT2D eigenvalue weighted by atomic mass is 10.0. The molecule has 0 radical (unpaired) electrons. The first kappa shape index (κ1) is 9.24. The normalized spacial score (nSPS) is 18.5. The van der Waals surface area contributed by atoms with Gasteiger partial charge in [0.1, 0.15) is 5.41 Å². The lowest BCUT2D eigenvalue weighted by Crippen LogP contribution is -2.24. The minimum atomic E-state index is -0.722. The molecule has 1 fully saturated rings. The lowest BCUT2D eigenvalue weighted by molar-refractivity contribution is -0.140. The Morgan fingerprint density at radius 1 is 1.64 bits per heavy atom. The minimum absolute atomic E-state index is 0.219. The number of aromatic nitrogens is 2. The summed E-state index contributed by atoms with van der Waals surface area (Å²) in [7, 11) is 0. The molecule has 14 heavy (non-hydrogen) atoms. The highest BCUT2D eigenvalue weighted by Gasteiger charge is 2.54. The largest absolute Gasteiger partial charge is 0.481 e. The number of carboxylic acid groups (broad SMARTS) is 1. The Balaban J connectivity index is 2.42. The Kier molecular flexibility index (Phi) is 1.87. The molecule has 1 N–H and O–H groups in total. The number of carbonyl (C=O) groups is 1. The second-order valence-corrected chi connectivity index (χ2v) is 4.14. The maximum atomic E-state index is 11.1. The topological polar surface area (TPSA) is 55.1 Å². The third-order valence-electron chi connectivity index (χ3n) is 2.81. The molecule has 76 valence electrons. The summed E-state index contributed by atoms with van der Waals surface area (Å²) >= 11 is 0. The Labute approximate surface area is 82.5 Å². The molecule has 0 saturated heterocycles. The molecule has 4 heteroatoms. The van der Waals surface area contributed by atoms with Crippen LogP contribution in [-0.4, -0.2) is 20.9 Å². The fraction of sp³-hybridized carbons (Fsp3) is 0.600. The molecule has 4 nitrogen and oxygen atoms in total. The van der Waals surface area contributed by atoms with Crippen LogP contribution in [0, 0.1) is 0 Å². The van der Waals surface area contributed by atoms with Crippen LogP contribution in [0.25, 0.3) is 0 Å². The van der Waals surface area contributed by atoms with Crippen molar-refractivity contribution in [2.45, 2.75) is 38.1 Å². The molecule has 1 heterocycles. The third kappa shape index (κ3) is 1.14. The fourth-order valence-corrected chi connectivity index (χ4v) is 1.81. The van der Waals surface area contributed by atoms with Gasteiger partial charge in [-0.1, -0.05) is 0 Å². The Bertz CT molecular complexity index is 364. The van der Waals surface area contributed by atoms with Gasteiger partial charge in [0.05, 0.1) is 5.69 Å². The predicted octanol–water partition coefficient (Wildman–Crippen LogP) is 1.58. The summed E-state index contributed by atoms with van der Waals surface area (Å²) in [6.45, 7) is 4.02. The van der Waals surface area contributed by atoms with E-state index in [9.17, 15) is 4.79 Å². The summed E-state index contributed by atoms with van der Waals surface area (Å²) in [5.41, 5.74) is 0.209. The number of aliphatic carboxylic acids is 1. The molecule has 0 spiro atoms. The molecular weight excluding hydrogens is 180 g/mol. The highest BCUT2D eigenvalue weighted by atomic mass is 16.4. The van der Waals surface area contributed by atoms with Gasteiger partial charge in [-0.25, -0.2) is 0 Å². The van der Waals surface area contributed by atoms with Gasteiger partial charge < -0.3 is 5.11 Å². The molecule has 0 bridgehead atoms. The minimum Gasteiger partial charge on any atom is -0.481 e. The van der Waals surface area contributed by atoms with E-state index in [1.54, 1.807) is 10.9 Å². The summed E-state index contributed by atoms with van der Waals surface area (Å²) in [5, 5.41) is 13.3. The molecule has 0 aliphatic heterocycles. The van der Waals surface area contributed by atoms with E-state index in [2.05, 4.69) is 5.10 Å². The summed E-state index contributed by atoms with van der Waals surface area (Å²) < 4.78 is 1.81. The molecule has 2 rings (SSSR count). The standard InChI is InChI=1S/C10H14N2O2/c1-7(2)12-8(3-6-11-12)10(4-5-10)9(13)14/h3,6-7H,4-5H2,1-2H3,(H,13,14). The monoisotopic (exact) mass is 194 g/mol. The van der Waals surface area contributed by atoms with Crippen molar-refractivity contribution in [3.63, 3.8) is 0 Å². The van der Waals surface area contributed by atoms with E-state index in [1.165, 1.54) is 0 Å². The van der Waals surface area contributed by atoms with E-state index in [0.29, 0.717) is 0 Å². The van der Waals surface area contributed by atoms with Crippen molar-refractivity contribution in [2.75, 3.05) is 0 Å². The maximum Gasteiger partial charge on any atom is 0.315 e. The fourth-order valence-electron chi connectivity index (χ4n) is 1.81. The molecular formula is C10H14N2O2. The van der Waals surface area contributed by atoms with Crippen LogP contribution in [0.4, 0.5) is 0 Å². The first-order chi connectivity index (χ1) is 6.58. The van der Waals surface area contributed by atoms with Gasteiger partial charge in [0.25, 0.3) is 0 Å². The van der Waals surface area contributed by atoms with Crippen LogP contribution >= 0.6 is 0 Å². The van der Waals surface area contributed by atoms with Gasteiger partial charge in [0, 0.05) is 12.2 Å².